The summed E-state index contributed by atoms with van der Waals surface area (Å²) in [6.07, 6.45) is 1.74. The monoisotopic (exact) mass is 221 g/mol. The molecule has 1 aromatic carbocycles. The Hall–Kier alpha value is -1.32. The number of hydrogen-bond acceptors (Lipinski definition) is 2. The third-order valence-corrected chi connectivity index (χ3v) is 2.43. The highest BCUT2D eigenvalue weighted by atomic mass is 35.5. The molecule has 0 bridgehead atoms. The van der Waals surface area contributed by atoms with Crippen LogP contribution >= 0.6 is 11.6 Å². The number of aromatic nitrogens is 2. The maximum atomic E-state index is 5.92. The molecule has 2 rings (SSSR count). The predicted molar refractivity (Wildman–Crippen MR) is 61.2 cm³/mol. The molecular weight excluding hydrogens is 210 g/mol. The molecule has 0 aliphatic carbocycles. The normalized spacial score (nSPS) is 12.7. The highest BCUT2D eigenvalue weighted by Gasteiger charge is 2.08. The van der Waals surface area contributed by atoms with Crippen molar-refractivity contribution in [2.75, 3.05) is 0 Å². The van der Waals surface area contributed by atoms with Gasteiger partial charge in [0.15, 0.2) is 0 Å². The highest BCUT2D eigenvalue weighted by molar-refractivity contribution is 6.30. The van der Waals surface area contributed by atoms with E-state index in [1.165, 1.54) is 0 Å². The van der Waals surface area contributed by atoms with Crippen LogP contribution in [0.4, 0.5) is 0 Å². The summed E-state index contributed by atoms with van der Waals surface area (Å²) in [5.41, 5.74) is 7.74. The second-order valence-electron chi connectivity index (χ2n) is 3.44. The minimum atomic E-state index is -0.0496. The lowest BCUT2D eigenvalue weighted by molar-refractivity contribution is 0.711. The molecule has 0 saturated carbocycles. The molecule has 2 N–H and O–H groups in total. The van der Waals surface area contributed by atoms with Gasteiger partial charge in [0.25, 0.3) is 0 Å². The van der Waals surface area contributed by atoms with Gasteiger partial charge in [0, 0.05) is 17.3 Å². The van der Waals surface area contributed by atoms with Gasteiger partial charge in [-0.2, -0.15) is 5.10 Å². The minimum absolute atomic E-state index is 0.0496. The Morgan fingerprint density at radius 3 is 2.87 bits per heavy atom. The average Bonchev–Trinajstić information content (AvgIpc) is 2.65. The van der Waals surface area contributed by atoms with Crippen LogP contribution in [-0.4, -0.2) is 9.78 Å². The smallest absolute Gasteiger partial charge is 0.0664 e. The molecule has 1 unspecified atom stereocenters. The van der Waals surface area contributed by atoms with E-state index in [9.17, 15) is 0 Å². The van der Waals surface area contributed by atoms with Crippen LogP contribution in [0.3, 0.4) is 0 Å². The minimum Gasteiger partial charge on any atom is -0.323 e. The van der Waals surface area contributed by atoms with Crippen LogP contribution < -0.4 is 5.73 Å². The fraction of sp³-hybridized carbons (Fsp3) is 0.182. The summed E-state index contributed by atoms with van der Waals surface area (Å²) in [4.78, 5) is 0. The van der Waals surface area contributed by atoms with E-state index < -0.39 is 0 Å². The molecule has 78 valence electrons. The molecule has 1 aromatic heterocycles. The zero-order valence-corrected chi connectivity index (χ0v) is 9.15. The fourth-order valence-electron chi connectivity index (χ4n) is 1.48. The quantitative estimate of drug-likeness (QED) is 0.847. The van der Waals surface area contributed by atoms with Crippen molar-refractivity contribution < 1.29 is 0 Å². The van der Waals surface area contributed by atoms with Gasteiger partial charge in [-0.15, -0.1) is 0 Å². The second kappa shape index (κ2) is 4.04. The zero-order chi connectivity index (χ0) is 10.8. The van der Waals surface area contributed by atoms with Crippen LogP contribution in [-0.2, 0) is 0 Å². The Morgan fingerprint density at radius 2 is 2.20 bits per heavy atom. The molecule has 0 amide bonds. The van der Waals surface area contributed by atoms with Crippen LogP contribution in [0.25, 0.3) is 5.69 Å². The third-order valence-electron chi connectivity index (χ3n) is 2.19. The number of nitrogens with two attached hydrogens (primary N) is 1. The van der Waals surface area contributed by atoms with Gasteiger partial charge in [-0.25, -0.2) is 4.68 Å². The van der Waals surface area contributed by atoms with Crippen LogP contribution in [0.5, 0.6) is 0 Å². The molecule has 0 saturated heterocycles. The Bertz CT molecular complexity index is 462. The molecule has 15 heavy (non-hydrogen) atoms. The third kappa shape index (κ3) is 2.03. The van der Waals surface area contributed by atoms with Crippen molar-refractivity contribution in [3.8, 4) is 5.69 Å². The van der Waals surface area contributed by atoms with E-state index in [2.05, 4.69) is 5.10 Å². The van der Waals surface area contributed by atoms with Crippen molar-refractivity contribution in [1.29, 1.82) is 0 Å². The largest absolute Gasteiger partial charge is 0.323 e. The number of rotatable bonds is 2. The van der Waals surface area contributed by atoms with Gasteiger partial charge in [0.1, 0.15) is 0 Å². The molecule has 4 heteroatoms. The lowest BCUT2D eigenvalue weighted by Gasteiger charge is -2.10. The van der Waals surface area contributed by atoms with Gasteiger partial charge >= 0.3 is 0 Å². The lowest BCUT2D eigenvalue weighted by Crippen LogP contribution is -2.11. The molecule has 0 aliphatic heterocycles. The highest BCUT2D eigenvalue weighted by Crippen LogP contribution is 2.18. The van der Waals surface area contributed by atoms with Gasteiger partial charge in [-0.1, -0.05) is 17.7 Å². The van der Waals surface area contributed by atoms with Gasteiger partial charge in [-0.3, -0.25) is 0 Å². The van der Waals surface area contributed by atoms with E-state index in [1.807, 2.05) is 37.3 Å². The molecule has 3 nitrogen and oxygen atoms in total. The van der Waals surface area contributed by atoms with E-state index in [0.29, 0.717) is 5.02 Å². The number of nitrogens with zero attached hydrogens (tertiary/aromatic N) is 2. The first-order valence-corrected chi connectivity index (χ1v) is 5.12. The van der Waals surface area contributed by atoms with E-state index in [0.717, 1.165) is 11.4 Å². The van der Waals surface area contributed by atoms with Crippen LogP contribution in [0.2, 0.25) is 5.02 Å². The Labute approximate surface area is 93.5 Å². The first-order chi connectivity index (χ1) is 7.18. The van der Waals surface area contributed by atoms with Gasteiger partial charge < -0.3 is 5.73 Å². The summed E-state index contributed by atoms with van der Waals surface area (Å²) in [7, 11) is 0. The number of hydrogen-bond donors (Lipinski definition) is 1. The summed E-state index contributed by atoms with van der Waals surface area (Å²) in [6, 6.07) is 9.40. The molecule has 2 aromatic rings. The van der Waals surface area contributed by atoms with Gasteiger partial charge in [0.2, 0.25) is 0 Å². The first kappa shape index (κ1) is 10.2. The second-order valence-corrected chi connectivity index (χ2v) is 3.87. The van der Waals surface area contributed by atoms with Crippen LogP contribution in [0.1, 0.15) is 18.7 Å². The Kier molecular flexibility index (Phi) is 2.75. The molecule has 1 heterocycles. The molecular formula is C11H12ClN3. The first-order valence-electron chi connectivity index (χ1n) is 4.74. The van der Waals surface area contributed by atoms with Crippen LogP contribution in [0, 0.1) is 0 Å². The van der Waals surface area contributed by atoms with Crippen LogP contribution in [0.15, 0.2) is 36.5 Å². The summed E-state index contributed by atoms with van der Waals surface area (Å²) in [6.45, 7) is 1.93. The van der Waals surface area contributed by atoms with Crippen molar-refractivity contribution in [1.82, 2.24) is 9.78 Å². The summed E-state index contributed by atoms with van der Waals surface area (Å²) in [5, 5.41) is 4.92. The fourth-order valence-corrected chi connectivity index (χ4v) is 1.67. The Balaban J connectivity index is 2.49. The lowest BCUT2D eigenvalue weighted by atomic mass is 10.2. The maximum Gasteiger partial charge on any atom is 0.0664 e. The van der Waals surface area contributed by atoms with E-state index >= 15 is 0 Å². The van der Waals surface area contributed by atoms with Crippen molar-refractivity contribution in [3.05, 3.63) is 47.2 Å². The topological polar surface area (TPSA) is 43.8 Å². The standard InChI is InChI=1S/C11H12ClN3/c1-8(13)11-5-6-14-15(11)10-4-2-3-9(12)7-10/h2-8H,13H2,1H3. The molecule has 0 radical (unpaired) electrons. The number of halogens is 1. The summed E-state index contributed by atoms with van der Waals surface area (Å²) < 4.78 is 1.80. The number of benzene rings is 1. The molecule has 0 aliphatic rings. The zero-order valence-electron chi connectivity index (χ0n) is 8.39. The molecule has 1 atom stereocenters. The summed E-state index contributed by atoms with van der Waals surface area (Å²) in [5.74, 6) is 0. The maximum absolute atomic E-state index is 5.92. The van der Waals surface area contributed by atoms with E-state index in [4.69, 9.17) is 17.3 Å². The van der Waals surface area contributed by atoms with Gasteiger partial charge in [-0.05, 0) is 31.2 Å². The van der Waals surface area contributed by atoms with Crippen molar-refractivity contribution in [2.24, 2.45) is 5.73 Å². The van der Waals surface area contributed by atoms with E-state index in [1.54, 1.807) is 10.9 Å². The predicted octanol–water partition coefficient (Wildman–Crippen LogP) is 2.55. The van der Waals surface area contributed by atoms with Gasteiger partial charge in [0.05, 0.1) is 11.4 Å². The SMILES string of the molecule is CC(N)c1ccnn1-c1cccc(Cl)c1. The average molecular weight is 222 g/mol. The van der Waals surface area contributed by atoms with Crippen molar-refractivity contribution >= 4 is 11.6 Å². The Morgan fingerprint density at radius 1 is 1.40 bits per heavy atom. The van der Waals surface area contributed by atoms with Crippen molar-refractivity contribution in [2.45, 2.75) is 13.0 Å². The van der Waals surface area contributed by atoms with Crippen molar-refractivity contribution in [3.63, 3.8) is 0 Å². The molecule has 0 fully saturated rings. The summed E-state index contributed by atoms with van der Waals surface area (Å²) >= 11 is 5.92. The molecule has 0 spiro atoms. The van der Waals surface area contributed by atoms with E-state index in [-0.39, 0.29) is 6.04 Å².